The lowest BCUT2D eigenvalue weighted by Crippen LogP contribution is -2.14. The fourth-order valence-corrected chi connectivity index (χ4v) is 4.49. The smallest absolute Gasteiger partial charge is 0.261 e. The summed E-state index contributed by atoms with van der Waals surface area (Å²) >= 11 is 1.33. The quantitative estimate of drug-likeness (QED) is 0.490. The van der Waals surface area contributed by atoms with Crippen LogP contribution in [0.25, 0.3) is 22.6 Å². The first-order valence-corrected chi connectivity index (χ1v) is 11.0. The van der Waals surface area contributed by atoms with Crippen LogP contribution in [-0.2, 0) is 13.0 Å². The fraction of sp³-hybridized carbons (Fsp3) is 0.217. The van der Waals surface area contributed by atoms with E-state index in [1.165, 1.54) is 17.4 Å². The molecule has 4 aromatic rings. The van der Waals surface area contributed by atoms with E-state index in [4.69, 9.17) is 0 Å². The Morgan fingerprint density at radius 2 is 1.97 bits per heavy atom. The molecule has 5 rings (SSSR count). The number of amides is 1. The average molecular weight is 434 g/mol. The maximum absolute atomic E-state index is 14.5. The number of pyridine rings is 1. The molecule has 3 aromatic heterocycles. The minimum absolute atomic E-state index is 0.324. The number of benzene rings is 1. The van der Waals surface area contributed by atoms with Gasteiger partial charge in [-0.3, -0.25) is 19.8 Å². The van der Waals surface area contributed by atoms with Gasteiger partial charge >= 0.3 is 0 Å². The number of nitrogens with zero attached hydrogens (tertiary/aromatic N) is 4. The third-order valence-electron chi connectivity index (χ3n) is 5.53. The van der Waals surface area contributed by atoms with Crippen LogP contribution in [0.15, 0.2) is 41.8 Å². The van der Waals surface area contributed by atoms with Gasteiger partial charge in [0.15, 0.2) is 5.13 Å². The van der Waals surface area contributed by atoms with E-state index in [9.17, 15) is 9.18 Å². The standard InChI is InChI=1S/C23H20FN5OS/c1-13-9-10-17(25-14(13)2)18-12-31-23(26-18)27-22(30)20-19-8-5-11-29(19)28-21(20)15-6-3-4-7-16(15)24/h3-4,6-7,9-10,12H,5,8,11H2,1-2H3,(H,26,27,30). The lowest BCUT2D eigenvalue weighted by atomic mass is 10.0. The highest BCUT2D eigenvalue weighted by Crippen LogP contribution is 2.32. The molecular formula is C23H20FN5OS. The summed E-state index contributed by atoms with van der Waals surface area (Å²) in [7, 11) is 0. The maximum atomic E-state index is 14.5. The molecule has 1 aromatic carbocycles. The van der Waals surface area contributed by atoms with Crippen LogP contribution in [0.4, 0.5) is 9.52 Å². The summed E-state index contributed by atoms with van der Waals surface area (Å²) in [5.41, 5.74) is 5.49. The molecule has 0 spiro atoms. The lowest BCUT2D eigenvalue weighted by Gasteiger charge is -2.06. The summed E-state index contributed by atoms with van der Waals surface area (Å²) < 4.78 is 16.3. The third-order valence-corrected chi connectivity index (χ3v) is 6.29. The zero-order chi connectivity index (χ0) is 21.5. The Morgan fingerprint density at radius 1 is 1.13 bits per heavy atom. The summed E-state index contributed by atoms with van der Waals surface area (Å²) in [6.45, 7) is 4.69. The second-order valence-electron chi connectivity index (χ2n) is 7.57. The first-order valence-electron chi connectivity index (χ1n) is 10.1. The molecule has 0 radical (unpaired) electrons. The summed E-state index contributed by atoms with van der Waals surface area (Å²) in [6.07, 6.45) is 1.65. The number of anilines is 1. The molecular weight excluding hydrogens is 413 g/mol. The van der Waals surface area contributed by atoms with E-state index >= 15 is 0 Å². The van der Waals surface area contributed by atoms with E-state index in [2.05, 4.69) is 20.4 Å². The minimum Gasteiger partial charge on any atom is -0.298 e. The Kier molecular flexibility index (Phi) is 4.86. The van der Waals surface area contributed by atoms with Crippen molar-refractivity contribution in [3.63, 3.8) is 0 Å². The predicted octanol–water partition coefficient (Wildman–Crippen LogP) is 5.02. The molecule has 1 aliphatic rings. The Morgan fingerprint density at radius 3 is 2.77 bits per heavy atom. The van der Waals surface area contributed by atoms with Gasteiger partial charge in [-0.25, -0.2) is 9.37 Å². The molecule has 31 heavy (non-hydrogen) atoms. The molecule has 0 saturated heterocycles. The molecule has 0 atom stereocenters. The topological polar surface area (TPSA) is 72.7 Å². The first-order chi connectivity index (χ1) is 15.0. The lowest BCUT2D eigenvalue weighted by molar-refractivity contribution is 0.102. The second-order valence-corrected chi connectivity index (χ2v) is 8.43. The Hall–Kier alpha value is -3.39. The van der Waals surface area contributed by atoms with Gasteiger partial charge in [-0.2, -0.15) is 5.10 Å². The molecule has 1 amide bonds. The molecule has 0 aliphatic carbocycles. The molecule has 1 aliphatic heterocycles. The zero-order valence-electron chi connectivity index (χ0n) is 17.1. The highest BCUT2D eigenvalue weighted by molar-refractivity contribution is 7.14. The van der Waals surface area contributed by atoms with Gasteiger partial charge in [0.05, 0.1) is 17.0 Å². The molecule has 0 fully saturated rings. The number of nitrogens with one attached hydrogen (secondary N) is 1. The van der Waals surface area contributed by atoms with Crippen molar-refractivity contribution in [1.29, 1.82) is 0 Å². The number of carbonyl (C=O) groups is 1. The SMILES string of the molecule is Cc1ccc(-c2csc(NC(=O)c3c(-c4ccccc4F)nn4c3CCC4)n2)nc1C. The van der Waals surface area contributed by atoms with E-state index in [1.54, 1.807) is 18.2 Å². The van der Waals surface area contributed by atoms with E-state index < -0.39 is 5.82 Å². The van der Waals surface area contributed by atoms with Crippen molar-refractivity contribution in [1.82, 2.24) is 19.7 Å². The monoisotopic (exact) mass is 433 g/mol. The van der Waals surface area contributed by atoms with Crippen LogP contribution in [0.5, 0.6) is 0 Å². The number of aryl methyl sites for hydroxylation is 3. The van der Waals surface area contributed by atoms with E-state index in [0.29, 0.717) is 27.6 Å². The minimum atomic E-state index is -0.398. The fourth-order valence-electron chi connectivity index (χ4n) is 3.79. The Balaban J connectivity index is 1.47. The number of fused-ring (bicyclic) bond motifs is 1. The van der Waals surface area contributed by atoms with Crippen LogP contribution in [-0.4, -0.2) is 25.7 Å². The van der Waals surface area contributed by atoms with Gasteiger partial charge in [0.2, 0.25) is 0 Å². The number of hydrogen-bond donors (Lipinski definition) is 1. The molecule has 156 valence electrons. The summed E-state index contributed by atoms with van der Waals surface area (Å²) in [5.74, 6) is -0.721. The van der Waals surface area contributed by atoms with E-state index in [1.807, 2.05) is 36.0 Å². The van der Waals surface area contributed by atoms with Crippen LogP contribution in [0.1, 0.15) is 33.7 Å². The molecule has 1 N–H and O–H groups in total. The average Bonchev–Trinajstić information content (AvgIpc) is 3.46. The van der Waals surface area contributed by atoms with Crippen molar-refractivity contribution in [3.05, 3.63) is 70.1 Å². The Labute approximate surface area is 182 Å². The zero-order valence-corrected chi connectivity index (χ0v) is 18.0. The first kappa shape index (κ1) is 19.6. The van der Waals surface area contributed by atoms with Crippen LogP contribution in [0.2, 0.25) is 0 Å². The van der Waals surface area contributed by atoms with Crippen molar-refractivity contribution in [3.8, 4) is 22.6 Å². The number of rotatable bonds is 4. The molecule has 6 nitrogen and oxygen atoms in total. The van der Waals surface area contributed by atoms with Gasteiger partial charge in [0, 0.05) is 23.2 Å². The number of hydrogen-bond acceptors (Lipinski definition) is 5. The number of halogens is 1. The van der Waals surface area contributed by atoms with Gasteiger partial charge in [-0.1, -0.05) is 18.2 Å². The number of carbonyl (C=O) groups excluding carboxylic acids is 1. The van der Waals surface area contributed by atoms with E-state index in [-0.39, 0.29) is 5.91 Å². The largest absolute Gasteiger partial charge is 0.298 e. The highest BCUT2D eigenvalue weighted by Gasteiger charge is 2.29. The van der Waals surface area contributed by atoms with Gasteiger partial charge in [0.25, 0.3) is 5.91 Å². The van der Waals surface area contributed by atoms with Gasteiger partial charge in [0.1, 0.15) is 17.2 Å². The third kappa shape index (κ3) is 3.53. The second kappa shape index (κ2) is 7.70. The van der Waals surface area contributed by atoms with Crippen LogP contribution < -0.4 is 5.32 Å². The molecule has 8 heteroatoms. The van der Waals surface area contributed by atoms with Crippen molar-refractivity contribution in [2.24, 2.45) is 0 Å². The molecule has 0 saturated carbocycles. The summed E-state index contributed by atoms with van der Waals surface area (Å²) in [6, 6.07) is 10.3. The summed E-state index contributed by atoms with van der Waals surface area (Å²) in [5, 5.41) is 9.77. The molecule has 0 unspecified atom stereocenters. The predicted molar refractivity (Wildman–Crippen MR) is 119 cm³/mol. The normalized spacial score (nSPS) is 12.7. The number of thiazole rings is 1. The molecule has 4 heterocycles. The van der Waals surface area contributed by atoms with Gasteiger partial charge in [-0.05, 0) is 50.5 Å². The number of aromatic nitrogens is 4. The van der Waals surface area contributed by atoms with E-state index in [0.717, 1.165) is 42.0 Å². The van der Waals surface area contributed by atoms with Gasteiger partial charge < -0.3 is 0 Å². The summed E-state index contributed by atoms with van der Waals surface area (Å²) in [4.78, 5) is 22.4. The maximum Gasteiger partial charge on any atom is 0.261 e. The Bertz CT molecular complexity index is 1310. The van der Waals surface area contributed by atoms with Crippen molar-refractivity contribution >= 4 is 22.4 Å². The van der Waals surface area contributed by atoms with Crippen molar-refractivity contribution in [2.75, 3.05) is 5.32 Å². The van der Waals surface area contributed by atoms with Crippen LogP contribution in [0, 0.1) is 19.7 Å². The van der Waals surface area contributed by atoms with Crippen LogP contribution >= 0.6 is 11.3 Å². The van der Waals surface area contributed by atoms with Crippen LogP contribution in [0.3, 0.4) is 0 Å². The molecule has 0 bridgehead atoms. The highest BCUT2D eigenvalue weighted by atomic mass is 32.1. The van der Waals surface area contributed by atoms with Crippen molar-refractivity contribution in [2.45, 2.75) is 33.2 Å². The van der Waals surface area contributed by atoms with Crippen molar-refractivity contribution < 1.29 is 9.18 Å². The van der Waals surface area contributed by atoms with Gasteiger partial charge in [-0.15, -0.1) is 11.3 Å².